The lowest BCUT2D eigenvalue weighted by Crippen LogP contribution is -3.18. The number of rotatable bonds is 5. The second-order valence-electron chi connectivity index (χ2n) is 8.44. The van der Waals surface area contributed by atoms with Crippen LogP contribution in [0.1, 0.15) is 49.7 Å². The first-order chi connectivity index (χ1) is 13.0. The Morgan fingerprint density at radius 3 is 2.52 bits per heavy atom. The normalized spacial score (nSPS) is 24.8. The van der Waals surface area contributed by atoms with Gasteiger partial charge < -0.3 is 15.1 Å². The minimum Gasteiger partial charge on any atom is -0.332 e. The summed E-state index contributed by atoms with van der Waals surface area (Å²) in [7, 11) is 1.74. The highest BCUT2D eigenvalue weighted by molar-refractivity contribution is 5.95. The van der Waals surface area contributed by atoms with Gasteiger partial charge in [0.15, 0.2) is 6.54 Å². The number of likely N-dealkylation sites (N-methyl/N-ethyl adjacent to an activating group) is 1. The molecule has 1 aliphatic carbocycles. The number of anilines is 1. The zero-order valence-corrected chi connectivity index (χ0v) is 17.0. The van der Waals surface area contributed by atoms with E-state index in [0.717, 1.165) is 29.3 Å². The first kappa shape index (κ1) is 19.9. The van der Waals surface area contributed by atoms with E-state index in [1.54, 1.807) is 11.9 Å². The summed E-state index contributed by atoms with van der Waals surface area (Å²) in [5, 5.41) is 2.97. The number of hydrogen-bond acceptors (Lipinski definition) is 2. The van der Waals surface area contributed by atoms with Crippen molar-refractivity contribution in [3.63, 3.8) is 0 Å². The summed E-state index contributed by atoms with van der Waals surface area (Å²) in [5.74, 6) is 0.744. The average molecular weight is 373 g/mol. The van der Waals surface area contributed by atoms with Gasteiger partial charge in [-0.25, -0.2) is 0 Å². The molecular formula is C22H34N3O2+. The molecule has 0 radical (unpaired) electrons. The van der Waals surface area contributed by atoms with Crippen molar-refractivity contribution >= 4 is 17.5 Å². The number of likely N-dealkylation sites (tertiary alicyclic amines) is 1. The highest BCUT2D eigenvalue weighted by Gasteiger charge is 2.37. The van der Waals surface area contributed by atoms with Gasteiger partial charge in [0.25, 0.3) is 5.91 Å². The Hall–Kier alpha value is -1.88. The molecule has 0 bridgehead atoms. The lowest BCUT2D eigenvalue weighted by atomic mass is 9.78. The largest absolute Gasteiger partial charge is 0.332 e. The quantitative estimate of drug-likeness (QED) is 0.830. The maximum absolute atomic E-state index is 12.7. The third-order valence-corrected chi connectivity index (χ3v) is 6.44. The number of para-hydroxylation sites is 1. The zero-order valence-electron chi connectivity index (χ0n) is 17.0. The fourth-order valence-corrected chi connectivity index (χ4v) is 4.91. The number of aryl methyl sites for hydroxylation is 2. The Bertz CT molecular complexity index is 666. The van der Waals surface area contributed by atoms with Gasteiger partial charge in [-0.05, 0) is 57.1 Å². The van der Waals surface area contributed by atoms with Crippen molar-refractivity contribution in [1.29, 1.82) is 0 Å². The van der Waals surface area contributed by atoms with Gasteiger partial charge in [0.2, 0.25) is 5.91 Å². The van der Waals surface area contributed by atoms with Crippen LogP contribution >= 0.6 is 0 Å². The van der Waals surface area contributed by atoms with E-state index in [-0.39, 0.29) is 18.4 Å². The highest BCUT2D eigenvalue weighted by atomic mass is 16.2. The molecule has 1 aliphatic heterocycles. The molecule has 1 saturated carbocycles. The molecule has 2 N–H and O–H groups in total. The van der Waals surface area contributed by atoms with Crippen LogP contribution in [-0.2, 0) is 9.59 Å². The summed E-state index contributed by atoms with van der Waals surface area (Å²) >= 11 is 0. The standard InChI is InChI=1S/C22H33N3O2/c1-16-8-6-9-17(2)22(16)23-20(26)14-24(3)21(27)15-25-13-7-11-18-10-4-5-12-19(18)25/h6,8-9,18-19H,4-5,7,10-15H2,1-3H3,(H,23,26)/p+1/t18-,19+/m1/s1. The third-order valence-electron chi connectivity index (χ3n) is 6.44. The molecule has 148 valence electrons. The van der Waals surface area contributed by atoms with Crippen molar-refractivity contribution in [3.05, 3.63) is 29.3 Å². The molecule has 2 aliphatic rings. The SMILES string of the molecule is Cc1cccc(C)c1NC(=O)CN(C)C(=O)C[NH+]1CCC[C@H]2CCCC[C@@H]21. The van der Waals surface area contributed by atoms with Crippen LogP contribution in [0, 0.1) is 19.8 Å². The number of benzene rings is 1. The maximum Gasteiger partial charge on any atom is 0.277 e. The Balaban J connectivity index is 1.53. The molecule has 27 heavy (non-hydrogen) atoms. The number of fused-ring (bicyclic) bond motifs is 1. The molecule has 1 saturated heterocycles. The van der Waals surface area contributed by atoms with E-state index in [0.29, 0.717) is 12.6 Å². The lowest BCUT2D eigenvalue weighted by Gasteiger charge is -2.41. The van der Waals surface area contributed by atoms with E-state index in [1.165, 1.54) is 43.4 Å². The van der Waals surface area contributed by atoms with Gasteiger partial charge in [-0.15, -0.1) is 0 Å². The molecular weight excluding hydrogens is 338 g/mol. The Morgan fingerprint density at radius 1 is 1.11 bits per heavy atom. The molecule has 2 amide bonds. The number of nitrogens with one attached hydrogen (secondary N) is 2. The molecule has 0 aromatic heterocycles. The second kappa shape index (κ2) is 8.87. The Kier molecular flexibility index (Phi) is 6.53. The van der Waals surface area contributed by atoms with Gasteiger partial charge in [0.1, 0.15) is 0 Å². The van der Waals surface area contributed by atoms with Gasteiger partial charge >= 0.3 is 0 Å². The van der Waals surface area contributed by atoms with Gasteiger partial charge in [-0.3, -0.25) is 9.59 Å². The summed E-state index contributed by atoms with van der Waals surface area (Å²) in [6.45, 7) is 5.69. The fraction of sp³-hybridized carbons (Fsp3) is 0.636. The van der Waals surface area contributed by atoms with Crippen LogP contribution < -0.4 is 10.2 Å². The summed E-state index contributed by atoms with van der Waals surface area (Å²) in [4.78, 5) is 28.2. The Labute approximate surface area is 163 Å². The molecule has 2 fully saturated rings. The Morgan fingerprint density at radius 2 is 1.78 bits per heavy atom. The molecule has 0 spiro atoms. The highest BCUT2D eigenvalue weighted by Crippen LogP contribution is 2.28. The minimum atomic E-state index is -0.132. The summed E-state index contributed by atoms with van der Waals surface area (Å²) in [6.07, 6.45) is 7.78. The van der Waals surface area contributed by atoms with Crippen LogP contribution in [0.5, 0.6) is 0 Å². The molecule has 5 heteroatoms. The van der Waals surface area contributed by atoms with Crippen LogP contribution in [0.4, 0.5) is 5.69 Å². The van der Waals surface area contributed by atoms with Gasteiger partial charge in [-0.2, -0.15) is 0 Å². The summed E-state index contributed by atoms with van der Waals surface area (Å²) in [6, 6.07) is 6.60. The van der Waals surface area contributed by atoms with E-state index >= 15 is 0 Å². The number of quaternary nitrogens is 1. The molecule has 5 nitrogen and oxygen atoms in total. The van der Waals surface area contributed by atoms with Crippen LogP contribution in [0.2, 0.25) is 0 Å². The van der Waals surface area contributed by atoms with E-state index < -0.39 is 0 Å². The van der Waals surface area contributed by atoms with Gasteiger partial charge in [-0.1, -0.05) is 24.6 Å². The van der Waals surface area contributed by atoms with E-state index in [9.17, 15) is 9.59 Å². The van der Waals surface area contributed by atoms with Crippen molar-refractivity contribution in [1.82, 2.24) is 4.90 Å². The molecule has 3 rings (SSSR count). The summed E-state index contributed by atoms with van der Waals surface area (Å²) < 4.78 is 0. The van der Waals surface area contributed by atoms with E-state index in [4.69, 9.17) is 0 Å². The predicted octanol–water partition coefficient (Wildman–Crippen LogP) is 1.94. The first-order valence-corrected chi connectivity index (χ1v) is 10.4. The molecule has 3 atom stereocenters. The van der Waals surface area contributed by atoms with Gasteiger partial charge in [0.05, 0.1) is 19.1 Å². The first-order valence-electron chi connectivity index (χ1n) is 10.4. The third kappa shape index (κ3) is 4.89. The molecule has 1 unspecified atom stereocenters. The second-order valence-corrected chi connectivity index (χ2v) is 8.44. The fourth-order valence-electron chi connectivity index (χ4n) is 4.91. The van der Waals surface area contributed by atoms with Gasteiger partial charge in [0, 0.05) is 18.7 Å². The van der Waals surface area contributed by atoms with Crippen molar-refractivity contribution in [2.75, 3.05) is 32.0 Å². The number of piperidine rings is 1. The number of amides is 2. The predicted molar refractivity (Wildman–Crippen MR) is 108 cm³/mol. The van der Waals surface area contributed by atoms with Crippen molar-refractivity contribution in [2.45, 2.75) is 58.4 Å². The summed E-state index contributed by atoms with van der Waals surface area (Å²) in [5.41, 5.74) is 2.94. The molecule has 1 aromatic carbocycles. The van der Waals surface area contributed by atoms with Crippen LogP contribution in [0.3, 0.4) is 0 Å². The van der Waals surface area contributed by atoms with E-state index in [2.05, 4.69) is 5.32 Å². The van der Waals surface area contributed by atoms with E-state index in [1.807, 2.05) is 32.0 Å². The van der Waals surface area contributed by atoms with Crippen molar-refractivity contribution in [2.24, 2.45) is 5.92 Å². The number of nitrogens with zero attached hydrogens (tertiary/aromatic N) is 1. The number of hydrogen-bond donors (Lipinski definition) is 2. The lowest BCUT2D eigenvalue weighted by molar-refractivity contribution is -0.929. The van der Waals surface area contributed by atoms with Crippen LogP contribution in [-0.4, -0.2) is 49.4 Å². The number of carbonyl (C=O) groups excluding carboxylic acids is 2. The number of carbonyl (C=O) groups is 2. The van der Waals surface area contributed by atoms with Crippen LogP contribution in [0.15, 0.2) is 18.2 Å². The molecule has 1 heterocycles. The van der Waals surface area contributed by atoms with Crippen molar-refractivity contribution < 1.29 is 14.5 Å². The molecule has 1 aromatic rings. The monoisotopic (exact) mass is 372 g/mol. The maximum atomic E-state index is 12.7. The minimum absolute atomic E-state index is 0.0767. The topological polar surface area (TPSA) is 53.9 Å². The van der Waals surface area contributed by atoms with Crippen molar-refractivity contribution in [3.8, 4) is 0 Å². The average Bonchev–Trinajstić information content (AvgIpc) is 2.65. The smallest absolute Gasteiger partial charge is 0.277 e. The van der Waals surface area contributed by atoms with Crippen LogP contribution in [0.25, 0.3) is 0 Å². The zero-order chi connectivity index (χ0) is 19.4.